The second-order valence-electron chi connectivity index (χ2n) is 1.70. The number of esters is 1. The minimum Gasteiger partial charge on any atom is -0.479 e. The van der Waals surface area contributed by atoms with E-state index >= 15 is 0 Å². The molecule has 0 amide bonds. The van der Waals surface area contributed by atoms with Crippen molar-refractivity contribution in [3.8, 4) is 0 Å². The number of aliphatic hydroxyl groups excluding tert-OH is 1. The molecule has 0 fully saturated rings. The molecule has 1 unspecified atom stereocenters. The Balaban J connectivity index is 3.54. The first-order valence-electron chi connectivity index (χ1n) is 2.75. The summed E-state index contributed by atoms with van der Waals surface area (Å²) in [6.45, 7) is -0.533. The summed E-state index contributed by atoms with van der Waals surface area (Å²) in [5.41, 5.74) is 0. The van der Waals surface area contributed by atoms with Crippen LogP contribution in [-0.2, 0) is 14.3 Å². The van der Waals surface area contributed by atoms with Crippen LogP contribution < -0.4 is 0 Å². The maximum absolute atomic E-state index is 10.3. The monoisotopic (exact) mass is 180 g/mol. The second-order valence-corrected chi connectivity index (χ2v) is 2.01. The lowest BCUT2D eigenvalue weighted by Crippen LogP contribution is -2.27. The molecule has 64 valence electrons. The Labute approximate surface area is 68.4 Å². The molecule has 2 N–H and O–H groups in total. The summed E-state index contributed by atoms with van der Waals surface area (Å²) in [7, 11) is 0. The Morgan fingerprint density at radius 3 is 2.45 bits per heavy atom. The van der Waals surface area contributed by atoms with Crippen molar-refractivity contribution < 1.29 is 24.5 Å². The van der Waals surface area contributed by atoms with E-state index in [1.165, 1.54) is 0 Å². The molecule has 0 radical (unpaired) electrons. The van der Waals surface area contributed by atoms with Crippen molar-refractivity contribution in [1.29, 1.82) is 0 Å². The highest BCUT2D eigenvalue weighted by molar-refractivity contribution is 7.81. The zero-order chi connectivity index (χ0) is 8.85. The van der Waals surface area contributed by atoms with Crippen LogP contribution >= 0.6 is 12.6 Å². The number of aliphatic carboxylic acids is 1. The fraction of sp³-hybridized carbons (Fsp3) is 0.600. The number of carbonyl (C=O) groups excluding carboxylic acids is 1. The third-order valence-corrected chi connectivity index (χ3v) is 1.07. The minimum absolute atomic E-state index is 0.133. The Morgan fingerprint density at radius 2 is 2.09 bits per heavy atom. The van der Waals surface area contributed by atoms with Crippen LogP contribution in [0.4, 0.5) is 0 Å². The van der Waals surface area contributed by atoms with E-state index in [1.54, 1.807) is 0 Å². The lowest BCUT2D eigenvalue weighted by molar-refractivity contribution is -0.154. The third kappa shape index (κ3) is 4.63. The molecular weight excluding hydrogens is 172 g/mol. The van der Waals surface area contributed by atoms with E-state index in [0.717, 1.165) is 0 Å². The lowest BCUT2D eigenvalue weighted by atomic mass is 10.4. The highest BCUT2D eigenvalue weighted by atomic mass is 32.1. The molecule has 0 aromatic rings. The molecule has 1 atom stereocenters. The van der Waals surface area contributed by atoms with Gasteiger partial charge in [-0.15, -0.1) is 0 Å². The van der Waals surface area contributed by atoms with Crippen molar-refractivity contribution in [2.24, 2.45) is 0 Å². The van der Waals surface area contributed by atoms with Crippen LogP contribution in [0.15, 0.2) is 0 Å². The molecule has 5 nitrogen and oxygen atoms in total. The van der Waals surface area contributed by atoms with E-state index in [1.807, 2.05) is 0 Å². The summed E-state index contributed by atoms with van der Waals surface area (Å²) in [5.74, 6) is -2.21. The van der Waals surface area contributed by atoms with Gasteiger partial charge >= 0.3 is 11.9 Å². The van der Waals surface area contributed by atoms with Gasteiger partial charge in [-0.05, 0) is 0 Å². The molecule has 0 aromatic carbocycles. The van der Waals surface area contributed by atoms with Crippen LogP contribution in [0.3, 0.4) is 0 Å². The molecule has 0 bridgehead atoms. The topological polar surface area (TPSA) is 83.8 Å². The van der Waals surface area contributed by atoms with Gasteiger partial charge in [0.25, 0.3) is 0 Å². The summed E-state index contributed by atoms with van der Waals surface area (Å²) >= 11 is 3.57. The molecule has 0 aliphatic carbocycles. The van der Waals surface area contributed by atoms with Gasteiger partial charge in [0.15, 0.2) is 6.10 Å². The summed E-state index contributed by atoms with van der Waals surface area (Å²) in [4.78, 5) is 20.3. The standard InChI is InChI=1S/C5H8O5S/c6-3(5(8)9)1-10-4(7)2-11/h3,6,11H,1-2H2,(H,8,9). The van der Waals surface area contributed by atoms with Crippen LogP contribution in [0, 0.1) is 0 Å². The maximum Gasteiger partial charge on any atom is 0.336 e. The largest absolute Gasteiger partial charge is 0.479 e. The molecular formula is C5H8O5S. The number of thiol groups is 1. The normalized spacial score (nSPS) is 12.2. The van der Waals surface area contributed by atoms with E-state index in [-0.39, 0.29) is 5.75 Å². The van der Waals surface area contributed by atoms with Crippen LogP contribution in [0.2, 0.25) is 0 Å². The molecule has 0 rings (SSSR count). The van der Waals surface area contributed by atoms with Crippen molar-refractivity contribution in [2.45, 2.75) is 6.10 Å². The molecule has 0 aromatic heterocycles. The van der Waals surface area contributed by atoms with Crippen molar-refractivity contribution in [2.75, 3.05) is 12.4 Å². The van der Waals surface area contributed by atoms with Gasteiger partial charge in [-0.3, -0.25) is 4.79 Å². The number of carboxylic acid groups (broad SMARTS) is 1. The van der Waals surface area contributed by atoms with Gasteiger partial charge in [0.2, 0.25) is 0 Å². The molecule has 0 aliphatic heterocycles. The Bertz CT molecular complexity index is 157. The van der Waals surface area contributed by atoms with Gasteiger partial charge in [0.1, 0.15) is 6.61 Å². The van der Waals surface area contributed by atoms with Crippen molar-refractivity contribution in [1.82, 2.24) is 0 Å². The fourth-order valence-corrected chi connectivity index (χ4v) is 0.380. The molecule has 0 spiro atoms. The number of ether oxygens (including phenoxy) is 1. The highest BCUT2D eigenvalue weighted by Gasteiger charge is 2.14. The van der Waals surface area contributed by atoms with Crippen LogP contribution in [0.1, 0.15) is 0 Å². The van der Waals surface area contributed by atoms with Crippen molar-refractivity contribution in [3.63, 3.8) is 0 Å². The summed E-state index contributed by atoms with van der Waals surface area (Å²) < 4.78 is 4.27. The first-order chi connectivity index (χ1) is 5.07. The van der Waals surface area contributed by atoms with Gasteiger partial charge in [0.05, 0.1) is 5.75 Å². The molecule has 6 heteroatoms. The van der Waals surface area contributed by atoms with Gasteiger partial charge < -0.3 is 14.9 Å². The summed E-state index contributed by atoms with van der Waals surface area (Å²) in [5, 5.41) is 16.7. The van der Waals surface area contributed by atoms with E-state index in [9.17, 15) is 9.59 Å². The number of hydrogen-bond acceptors (Lipinski definition) is 5. The van der Waals surface area contributed by atoms with E-state index < -0.39 is 24.6 Å². The van der Waals surface area contributed by atoms with Crippen LogP contribution in [0.25, 0.3) is 0 Å². The number of hydrogen-bond donors (Lipinski definition) is 3. The first kappa shape index (κ1) is 10.2. The number of carboxylic acids is 1. The SMILES string of the molecule is O=C(CS)OCC(O)C(=O)O. The molecule has 0 heterocycles. The summed E-state index contributed by atoms with van der Waals surface area (Å²) in [6, 6.07) is 0. The number of carbonyl (C=O) groups is 2. The molecule has 0 saturated heterocycles. The Hall–Kier alpha value is -0.750. The Morgan fingerprint density at radius 1 is 1.55 bits per heavy atom. The minimum atomic E-state index is -1.65. The average Bonchev–Trinajstić information content (AvgIpc) is 1.99. The number of aliphatic hydroxyl groups is 1. The third-order valence-electron chi connectivity index (χ3n) is 0.816. The predicted molar refractivity (Wildman–Crippen MR) is 38.5 cm³/mol. The predicted octanol–water partition coefficient (Wildman–Crippen LogP) is -1.10. The smallest absolute Gasteiger partial charge is 0.336 e. The average molecular weight is 180 g/mol. The first-order valence-corrected chi connectivity index (χ1v) is 3.38. The van der Waals surface area contributed by atoms with Crippen LogP contribution in [0.5, 0.6) is 0 Å². The van der Waals surface area contributed by atoms with E-state index in [4.69, 9.17) is 10.2 Å². The van der Waals surface area contributed by atoms with E-state index in [0.29, 0.717) is 0 Å². The van der Waals surface area contributed by atoms with Gasteiger partial charge in [-0.2, -0.15) is 12.6 Å². The van der Waals surface area contributed by atoms with Crippen molar-refractivity contribution in [3.05, 3.63) is 0 Å². The fourth-order valence-electron chi connectivity index (χ4n) is 0.289. The summed E-state index contributed by atoms with van der Waals surface area (Å²) in [6.07, 6.45) is -1.65. The zero-order valence-corrected chi connectivity index (χ0v) is 6.45. The maximum atomic E-state index is 10.3. The van der Waals surface area contributed by atoms with Crippen molar-refractivity contribution >= 4 is 24.6 Å². The zero-order valence-electron chi connectivity index (χ0n) is 5.56. The lowest BCUT2D eigenvalue weighted by Gasteiger charge is -2.04. The van der Waals surface area contributed by atoms with Crippen LogP contribution in [-0.4, -0.2) is 40.6 Å². The highest BCUT2D eigenvalue weighted by Crippen LogP contribution is 1.87. The van der Waals surface area contributed by atoms with Gasteiger partial charge in [-0.1, -0.05) is 0 Å². The quantitative estimate of drug-likeness (QED) is 0.378. The van der Waals surface area contributed by atoms with E-state index in [2.05, 4.69) is 17.4 Å². The number of rotatable bonds is 4. The Kier molecular flexibility index (Phi) is 4.64. The molecule has 11 heavy (non-hydrogen) atoms. The second kappa shape index (κ2) is 4.97. The molecule has 0 aliphatic rings. The van der Waals surface area contributed by atoms with Gasteiger partial charge in [-0.25, -0.2) is 4.79 Å². The van der Waals surface area contributed by atoms with Gasteiger partial charge in [0, 0.05) is 0 Å². The molecule has 0 saturated carbocycles.